The van der Waals surface area contributed by atoms with E-state index in [1.54, 1.807) is 25.6 Å². The number of aryl methyl sites for hydroxylation is 1. The van der Waals surface area contributed by atoms with Crippen molar-refractivity contribution in [1.82, 2.24) is 4.98 Å². The maximum atomic E-state index is 5.40. The SMILES string of the molecule is CCc1ccc(OC)c(-c2csc(COC)n2)c1. The minimum absolute atomic E-state index is 0.556. The van der Waals surface area contributed by atoms with Crippen LogP contribution >= 0.6 is 11.3 Å². The summed E-state index contributed by atoms with van der Waals surface area (Å²) in [5.41, 5.74) is 3.29. The van der Waals surface area contributed by atoms with Crippen LogP contribution in [0.15, 0.2) is 23.6 Å². The Labute approximate surface area is 111 Å². The Bertz CT molecular complexity index is 522. The Balaban J connectivity index is 2.40. The fraction of sp³-hybridized carbons (Fsp3) is 0.357. The molecule has 1 aromatic carbocycles. The van der Waals surface area contributed by atoms with E-state index < -0.39 is 0 Å². The highest BCUT2D eigenvalue weighted by Gasteiger charge is 2.10. The van der Waals surface area contributed by atoms with Crippen LogP contribution < -0.4 is 4.74 Å². The number of benzene rings is 1. The third-order valence-electron chi connectivity index (χ3n) is 2.77. The van der Waals surface area contributed by atoms with E-state index in [1.807, 2.05) is 11.4 Å². The van der Waals surface area contributed by atoms with Gasteiger partial charge in [-0.05, 0) is 24.1 Å². The molecule has 0 aliphatic heterocycles. The second kappa shape index (κ2) is 5.98. The van der Waals surface area contributed by atoms with Gasteiger partial charge in [-0.2, -0.15) is 0 Å². The molecule has 0 radical (unpaired) electrons. The fourth-order valence-electron chi connectivity index (χ4n) is 1.80. The molecule has 18 heavy (non-hydrogen) atoms. The van der Waals surface area contributed by atoms with Crippen LogP contribution in [0.3, 0.4) is 0 Å². The Morgan fingerprint density at radius 1 is 1.28 bits per heavy atom. The van der Waals surface area contributed by atoms with Crippen molar-refractivity contribution in [2.75, 3.05) is 14.2 Å². The number of thiazole rings is 1. The average molecular weight is 263 g/mol. The van der Waals surface area contributed by atoms with Gasteiger partial charge in [-0.25, -0.2) is 4.98 Å². The average Bonchev–Trinajstić information content (AvgIpc) is 2.87. The van der Waals surface area contributed by atoms with E-state index in [0.717, 1.165) is 28.4 Å². The molecule has 0 amide bonds. The zero-order valence-corrected chi connectivity index (χ0v) is 11.7. The highest BCUT2D eigenvalue weighted by molar-refractivity contribution is 7.09. The first-order chi connectivity index (χ1) is 8.78. The summed E-state index contributed by atoms with van der Waals surface area (Å²) in [5.74, 6) is 0.862. The summed E-state index contributed by atoms with van der Waals surface area (Å²) < 4.78 is 10.5. The highest BCUT2D eigenvalue weighted by atomic mass is 32.1. The maximum Gasteiger partial charge on any atom is 0.128 e. The van der Waals surface area contributed by atoms with Gasteiger partial charge in [0.15, 0.2) is 0 Å². The summed E-state index contributed by atoms with van der Waals surface area (Å²) in [5, 5.41) is 3.03. The molecular formula is C14H17NO2S. The van der Waals surface area contributed by atoms with Crippen LogP contribution in [0.2, 0.25) is 0 Å². The standard InChI is InChI=1S/C14H17NO2S/c1-4-10-5-6-13(17-3)11(7-10)12-9-18-14(15-12)8-16-2/h5-7,9H,4,8H2,1-3H3. The number of ether oxygens (including phenoxy) is 2. The summed E-state index contributed by atoms with van der Waals surface area (Å²) in [7, 11) is 3.37. The van der Waals surface area contributed by atoms with Crippen LogP contribution in [0.5, 0.6) is 5.75 Å². The third-order valence-corrected chi connectivity index (χ3v) is 3.59. The van der Waals surface area contributed by atoms with E-state index in [2.05, 4.69) is 24.0 Å². The van der Waals surface area contributed by atoms with Gasteiger partial charge in [0.1, 0.15) is 10.8 Å². The summed E-state index contributed by atoms with van der Waals surface area (Å²) in [6, 6.07) is 6.23. The van der Waals surface area contributed by atoms with Gasteiger partial charge in [0.05, 0.1) is 19.4 Å². The van der Waals surface area contributed by atoms with Gasteiger partial charge < -0.3 is 9.47 Å². The quantitative estimate of drug-likeness (QED) is 0.827. The van der Waals surface area contributed by atoms with E-state index in [1.165, 1.54) is 5.56 Å². The number of nitrogens with zero attached hydrogens (tertiary/aromatic N) is 1. The van der Waals surface area contributed by atoms with Crippen molar-refractivity contribution in [3.05, 3.63) is 34.2 Å². The molecule has 0 atom stereocenters. The predicted molar refractivity (Wildman–Crippen MR) is 74.2 cm³/mol. The van der Waals surface area contributed by atoms with Gasteiger partial charge in [0, 0.05) is 18.1 Å². The van der Waals surface area contributed by atoms with Crippen LogP contribution in [-0.2, 0) is 17.8 Å². The molecule has 96 valence electrons. The van der Waals surface area contributed by atoms with E-state index in [-0.39, 0.29) is 0 Å². The molecule has 0 aliphatic carbocycles. The molecule has 2 aromatic rings. The van der Waals surface area contributed by atoms with Crippen LogP contribution in [-0.4, -0.2) is 19.2 Å². The lowest BCUT2D eigenvalue weighted by Gasteiger charge is -2.08. The highest BCUT2D eigenvalue weighted by Crippen LogP contribution is 2.32. The number of methoxy groups -OCH3 is 2. The summed E-state index contributed by atoms with van der Waals surface area (Å²) >= 11 is 1.61. The molecule has 2 rings (SSSR count). The molecule has 1 aromatic heterocycles. The molecule has 0 fully saturated rings. The first-order valence-corrected chi connectivity index (χ1v) is 6.77. The molecule has 0 spiro atoms. The summed E-state index contributed by atoms with van der Waals surface area (Å²) in [6.45, 7) is 2.70. The molecule has 0 saturated heterocycles. The first kappa shape index (κ1) is 13.1. The topological polar surface area (TPSA) is 31.4 Å². The molecular weight excluding hydrogens is 246 g/mol. The molecule has 4 heteroatoms. The van der Waals surface area contributed by atoms with Crippen LogP contribution in [0.4, 0.5) is 0 Å². The van der Waals surface area contributed by atoms with Crippen molar-refractivity contribution in [2.45, 2.75) is 20.0 Å². The van der Waals surface area contributed by atoms with Crippen LogP contribution in [0, 0.1) is 0 Å². The second-order valence-corrected chi connectivity index (χ2v) is 4.89. The molecule has 0 saturated carbocycles. The predicted octanol–water partition coefficient (Wildman–Crippen LogP) is 3.53. The van der Waals surface area contributed by atoms with Gasteiger partial charge in [0.2, 0.25) is 0 Å². The fourth-order valence-corrected chi connectivity index (χ4v) is 2.56. The molecule has 0 unspecified atom stereocenters. The molecule has 0 bridgehead atoms. The van der Waals surface area contributed by atoms with Crippen molar-refractivity contribution in [3.8, 4) is 17.0 Å². The second-order valence-electron chi connectivity index (χ2n) is 3.95. The Kier molecular flexibility index (Phi) is 4.33. The zero-order valence-electron chi connectivity index (χ0n) is 10.9. The number of hydrogen-bond acceptors (Lipinski definition) is 4. The lowest BCUT2D eigenvalue weighted by atomic mass is 10.1. The van der Waals surface area contributed by atoms with E-state index in [4.69, 9.17) is 9.47 Å². The van der Waals surface area contributed by atoms with Gasteiger partial charge in [-0.1, -0.05) is 13.0 Å². The number of aromatic nitrogens is 1. The van der Waals surface area contributed by atoms with Gasteiger partial charge >= 0.3 is 0 Å². The minimum Gasteiger partial charge on any atom is -0.496 e. The van der Waals surface area contributed by atoms with E-state index in [9.17, 15) is 0 Å². The largest absolute Gasteiger partial charge is 0.496 e. The van der Waals surface area contributed by atoms with E-state index >= 15 is 0 Å². The number of hydrogen-bond donors (Lipinski definition) is 0. The Morgan fingerprint density at radius 2 is 2.11 bits per heavy atom. The Morgan fingerprint density at radius 3 is 2.78 bits per heavy atom. The normalized spacial score (nSPS) is 10.6. The zero-order chi connectivity index (χ0) is 13.0. The third kappa shape index (κ3) is 2.71. The van der Waals surface area contributed by atoms with Gasteiger partial charge in [-0.3, -0.25) is 0 Å². The smallest absolute Gasteiger partial charge is 0.128 e. The summed E-state index contributed by atoms with van der Waals surface area (Å²) in [4.78, 5) is 4.57. The molecule has 0 aliphatic rings. The summed E-state index contributed by atoms with van der Waals surface area (Å²) in [6.07, 6.45) is 1.01. The molecule has 0 N–H and O–H groups in total. The van der Waals surface area contributed by atoms with Gasteiger partial charge in [-0.15, -0.1) is 11.3 Å². The van der Waals surface area contributed by atoms with Crippen LogP contribution in [0.1, 0.15) is 17.5 Å². The lowest BCUT2D eigenvalue weighted by molar-refractivity contribution is 0.184. The van der Waals surface area contributed by atoms with Crippen molar-refractivity contribution >= 4 is 11.3 Å². The molecule has 1 heterocycles. The number of rotatable bonds is 5. The maximum absolute atomic E-state index is 5.40. The van der Waals surface area contributed by atoms with E-state index in [0.29, 0.717) is 6.61 Å². The van der Waals surface area contributed by atoms with Crippen molar-refractivity contribution < 1.29 is 9.47 Å². The molecule has 3 nitrogen and oxygen atoms in total. The van der Waals surface area contributed by atoms with Crippen molar-refractivity contribution in [3.63, 3.8) is 0 Å². The van der Waals surface area contributed by atoms with Crippen LogP contribution in [0.25, 0.3) is 11.3 Å². The van der Waals surface area contributed by atoms with Crippen molar-refractivity contribution in [2.24, 2.45) is 0 Å². The lowest BCUT2D eigenvalue weighted by Crippen LogP contribution is -1.91. The van der Waals surface area contributed by atoms with Crippen molar-refractivity contribution in [1.29, 1.82) is 0 Å². The first-order valence-electron chi connectivity index (χ1n) is 5.89. The Hall–Kier alpha value is -1.39. The monoisotopic (exact) mass is 263 g/mol. The van der Waals surface area contributed by atoms with Gasteiger partial charge in [0.25, 0.3) is 0 Å². The minimum atomic E-state index is 0.556.